The molecule has 0 saturated carbocycles. The molecule has 0 atom stereocenters. The van der Waals surface area contributed by atoms with Gasteiger partial charge in [-0.15, -0.1) is 0 Å². The first-order chi connectivity index (χ1) is 9.77. The summed E-state index contributed by atoms with van der Waals surface area (Å²) in [5, 5.41) is 2.79. The number of carbonyl (C=O) groups is 1. The highest BCUT2D eigenvalue weighted by Gasteiger charge is 2.14. The first-order valence-corrected chi connectivity index (χ1v) is 6.86. The minimum atomic E-state index is -0.186. The molecule has 0 fully saturated rings. The maximum atomic E-state index is 12.2. The van der Waals surface area contributed by atoms with Gasteiger partial charge in [-0.3, -0.25) is 9.59 Å². The van der Waals surface area contributed by atoms with Crippen molar-refractivity contribution in [2.24, 2.45) is 7.05 Å². The Morgan fingerprint density at radius 2 is 1.67 bits per heavy atom. The van der Waals surface area contributed by atoms with Gasteiger partial charge < -0.3 is 9.88 Å². The van der Waals surface area contributed by atoms with Gasteiger partial charge >= 0.3 is 0 Å². The van der Waals surface area contributed by atoms with Crippen molar-refractivity contribution in [1.29, 1.82) is 0 Å². The Morgan fingerprint density at radius 3 is 2.19 bits per heavy atom. The van der Waals surface area contributed by atoms with Crippen LogP contribution in [0.5, 0.6) is 0 Å². The van der Waals surface area contributed by atoms with Crippen LogP contribution in [0.25, 0.3) is 0 Å². The van der Waals surface area contributed by atoms with Gasteiger partial charge in [0.15, 0.2) is 0 Å². The number of aromatic nitrogens is 1. The van der Waals surface area contributed by atoms with Gasteiger partial charge in [-0.2, -0.15) is 0 Å². The summed E-state index contributed by atoms with van der Waals surface area (Å²) in [4.78, 5) is 23.5. The lowest BCUT2D eigenvalue weighted by molar-refractivity contribution is 0.102. The van der Waals surface area contributed by atoms with Gasteiger partial charge in [0.1, 0.15) is 0 Å². The zero-order valence-electron chi connectivity index (χ0n) is 12.8. The number of anilines is 1. The maximum absolute atomic E-state index is 12.2. The van der Waals surface area contributed by atoms with Crippen LogP contribution in [0.3, 0.4) is 0 Å². The number of nitrogens with zero attached hydrogens (tertiary/aromatic N) is 1. The summed E-state index contributed by atoms with van der Waals surface area (Å²) in [5.74, 6) is -0.186. The molecule has 1 N–H and O–H groups in total. The maximum Gasteiger partial charge on any atom is 0.255 e. The van der Waals surface area contributed by atoms with Crippen LogP contribution in [0.2, 0.25) is 0 Å². The summed E-state index contributed by atoms with van der Waals surface area (Å²) < 4.78 is 1.43. The topological polar surface area (TPSA) is 51.1 Å². The first kappa shape index (κ1) is 15.0. The Balaban J connectivity index is 2.17. The molecular formula is C17H20N2O2. The summed E-state index contributed by atoms with van der Waals surface area (Å²) in [6.07, 6.45) is 1.60. The molecule has 0 spiro atoms. The lowest BCUT2D eigenvalue weighted by Crippen LogP contribution is -2.18. The van der Waals surface area contributed by atoms with Crippen LogP contribution in [0.1, 0.15) is 36.7 Å². The van der Waals surface area contributed by atoms with Crippen molar-refractivity contribution in [3.63, 3.8) is 0 Å². The molecule has 0 bridgehead atoms. The quantitative estimate of drug-likeness (QED) is 0.921. The van der Waals surface area contributed by atoms with Crippen LogP contribution < -0.4 is 10.9 Å². The molecule has 110 valence electrons. The van der Waals surface area contributed by atoms with Crippen molar-refractivity contribution >= 4 is 11.6 Å². The van der Waals surface area contributed by atoms with Crippen molar-refractivity contribution < 1.29 is 4.79 Å². The van der Waals surface area contributed by atoms with Gasteiger partial charge in [-0.25, -0.2) is 0 Å². The molecule has 4 heteroatoms. The second kappa shape index (κ2) is 5.56. The molecule has 1 amide bonds. The summed E-state index contributed by atoms with van der Waals surface area (Å²) >= 11 is 0. The van der Waals surface area contributed by atoms with Crippen molar-refractivity contribution in [2.75, 3.05) is 5.32 Å². The second-order valence-electron chi connectivity index (χ2n) is 6.15. The van der Waals surface area contributed by atoms with Crippen molar-refractivity contribution in [3.8, 4) is 0 Å². The molecule has 2 rings (SSSR count). The van der Waals surface area contributed by atoms with E-state index in [9.17, 15) is 9.59 Å². The minimum Gasteiger partial charge on any atom is -0.321 e. The summed E-state index contributed by atoms with van der Waals surface area (Å²) in [6, 6.07) is 10.6. The third kappa shape index (κ3) is 3.60. The van der Waals surface area contributed by atoms with E-state index < -0.39 is 0 Å². The van der Waals surface area contributed by atoms with Crippen molar-refractivity contribution in [2.45, 2.75) is 26.2 Å². The molecule has 1 aromatic heterocycles. The number of rotatable bonds is 2. The molecule has 0 radical (unpaired) electrons. The molecule has 4 nitrogen and oxygen atoms in total. The lowest BCUT2D eigenvalue weighted by atomic mass is 9.87. The number of benzene rings is 1. The number of carbonyl (C=O) groups excluding carboxylic acids is 1. The van der Waals surface area contributed by atoms with E-state index in [-0.39, 0.29) is 16.9 Å². The molecule has 1 aromatic carbocycles. The van der Waals surface area contributed by atoms with Crippen LogP contribution in [-0.4, -0.2) is 10.5 Å². The standard InChI is InChI=1S/C17H20N2O2/c1-17(2,3)13-7-5-12(6-8-13)16(21)18-14-9-10-15(20)19(4)11-14/h5-11H,1-4H3,(H,18,21). The fourth-order valence-corrected chi connectivity index (χ4v) is 1.99. The monoisotopic (exact) mass is 284 g/mol. The van der Waals surface area contributed by atoms with Gasteiger partial charge in [0.05, 0.1) is 5.69 Å². The summed E-state index contributed by atoms with van der Waals surface area (Å²) in [7, 11) is 1.65. The van der Waals surface area contributed by atoms with Gasteiger partial charge in [0.2, 0.25) is 5.56 Å². The Labute approximate surface area is 124 Å². The number of hydrogen-bond donors (Lipinski definition) is 1. The zero-order chi connectivity index (χ0) is 15.6. The molecule has 21 heavy (non-hydrogen) atoms. The van der Waals surface area contributed by atoms with Crippen molar-refractivity contribution in [3.05, 3.63) is 64.1 Å². The Morgan fingerprint density at radius 1 is 1.05 bits per heavy atom. The van der Waals surface area contributed by atoms with E-state index in [1.54, 1.807) is 19.3 Å². The average molecular weight is 284 g/mol. The SMILES string of the molecule is Cn1cc(NC(=O)c2ccc(C(C)(C)C)cc2)ccc1=O. The van der Waals surface area contributed by atoms with E-state index in [0.29, 0.717) is 11.3 Å². The molecular weight excluding hydrogens is 264 g/mol. The van der Waals surface area contributed by atoms with Gasteiger partial charge in [-0.1, -0.05) is 32.9 Å². The highest BCUT2D eigenvalue weighted by molar-refractivity contribution is 6.04. The van der Waals surface area contributed by atoms with Crippen LogP contribution in [0.4, 0.5) is 5.69 Å². The first-order valence-electron chi connectivity index (χ1n) is 6.86. The fourth-order valence-electron chi connectivity index (χ4n) is 1.99. The summed E-state index contributed by atoms with van der Waals surface area (Å²) in [6.45, 7) is 6.39. The minimum absolute atomic E-state index is 0.0622. The molecule has 0 unspecified atom stereocenters. The molecule has 0 aliphatic heterocycles. The van der Waals surface area contributed by atoms with E-state index in [2.05, 4.69) is 26.1 Å². The Kier molecular flexibility index (Phi) is 3.98. The van der Waals surface area contributed by atoms with E-state index >= 15 is 0 Å². The second-order valence-corrected chi connectivity index (χ2v) is 6.15. The normalized spacial score (nSPS) is 11.2. The van der Waals surface area contributed by atoms with Crippen LogP contribution >= 0.6 is 0 Å². The van der Waals surface area contributed by atoms with Gasteiger partial charge in [0, 0.05) is 24.9 Å². The number of nitrogens with one attached hydrogen (secondary N) is 1. The number of hydrogen-bond acceptors (Lipinski definition) is 2. The lowest BCUT2D eigenvalue weighted by Gasteiger charge is -2.19. The van der Waals surface area contributed by atoms with Crippen LogP contribution in [0, 0.1) is 0 Å². The molecule has 2 aromatic rings. The largest absolute Gasteiger partial charge is 0.321 e. The van der Waals surface area contributed by atoms with E-state index in [1.807, 2.05) is 24.3 Å². The van der Waals surface area contributed by atoms with E-state index in [1.165, 1.54) is 16.2 Å². The highest BCUT2D eigenvalue weighted by atomic mass is 16.1. The Hall–Kier alpha value is -2.36. The number of pyridine rings is 1. The Bertz CT molecular complexity index is 707. The summed E-state index contributed by atoms with van der Waals surface area (Å²) in [5.41, 5.74) is 2.33. The van der Waals surface area contributed by atoms with E-state index in [4.69, 9.17) is 0 Å². The third-order valence-corrected chi connectivity index (χ3v) is 3.36. The van der Waals surface area contributed by atoms with Gasteiger partial charge in [-0.05, 0) is 29.2 Å². The average Bonchev–Trinajstić information content (AvgIpc) is 2.42. The van der Waals surface area contributed by atoms with Crippen LogP contribution in [0.15, 0.2) is 47.4 Å². The fraction of sp³-hybridized carbons (Fsp3) is 0.294. The smallest absolute Gasteiger partial charge is 0.255 e. The highest BCUT2D eigenvalue weighted by Crippen LogP contribution is 2.22. The van der Waals surface area contributed by atoms with Crippen molar-refractivity contribution in [1.82, 2.24) is 4.57 Å². The van der Waals surface area contributed by atoms with Gasteiger partial charge in [0.25, 0.3) is 5.91 Å². The molecule has 0 aliphatic carbocycles. The van der Waals surface area contributed by atoms with E-state index in [0.717, 1.165) is 0 Å². The number of amides is 1. The zero-order valence-corrected chi connectivity index (χ0v) is 12.8. The predicted molar refractivity (Wildman–Crippen MR) is 84.8 cm³/mol. The van der Waals surface area contributed by atoms with Crippen LogP contribution in [-0.2, 0) is 12.5 Å². The molecule has 0 aliphatic rings. The predicted octanol–water partition coefficient (Wildman–Crippen LogP) is 2.94. The number of aryl methyl sites for hydroxylation is 1. The molecule has 0 saturated heterocycles. The molecule has 1 heterocycles. The third-order valence-electron chi connectivity index (χ3n) is 3.36.